The maximum atomic E-state index is 4.50. The summed E-state index contributed by atoms with van der Waals surface area (Å²) in [6.07, 6.45) is 0. The van der Waals surface area contributed by atoms with Gasteiger partial charge in [0.1, 0.15) is 0 Å². The minimum absolute atomic E-state index is 0.776. The van der Waals surface area contributed by atoms with Crippen LogP contribution in [-0.2, 0) is 2.98 Å². The first kappa shape index (κ1) is 5.48. The second kappa shape index (κ2) is 4.48. The van der Waals surface area contributed by atoms with Crippen molar-refractivity contribution in [2.75, 3.05) is 0 Å². The van der Waals surface area contributed by atoms with Gasteiger partial charge in [0.2, 0.25) is 0 Å². The molecule has 0 rings (SSSR count). The van der Waals surface area contributed by atoms with Crippen LogP contribution in [0.2, 0.25) is 0 Å². The van der Waals surface area contributed by atoms with Crippen molar-refractivity contribution in [2.24, 2.45) is 0 Å². The van der Waals surface area contributed by atoms with E-state index in [1.165, 1.54) is 0 Å². The fourth-order valence-corrected chi connectivity index (χ4v) is 0. The smallest absolute Gasteiger partial charge is 0.359 e. The second-order valence-electron chi connectivity index (χ2n) is 0.218. The topological polar surface area (TPSA) is 9.23 Å². The predicted octanol–water partition coefficient (Wildman–Crippen LogP) is 1.05. The minimum Gasteiger partial charge on any atom is -0.368 e. The summed E-state index contributed by atoms with van der Waals surface area (Å²) in [5.41, 5.74) is 0. The molecule has 0 atom stereocenters. The highest BCUT2D eigenvalue weighted by molar-refractivity contribution is 14.1. The van der Waals surface area contributed by atoms with Gasteiger partial charge in [0.05, 0.1) is 23.0 Å². The molecule has 0 fully saturated rings. The fraction of sp³-hybridized carbons (Fsp3) is 0. The van der Waals surface area contributed by atoms with Crippen LogP contribution >= 0.6 is 45.4 Å². The van der Waals surface area contributed by atoms with E-state index in [2.05, 4.69) is 25.4 Å². The third-order valence-corrected chi connectivity index (χ3v) is 1.86. The first-order valence-corrected chi connectivity index (χ1v) is 3.12. The van der Waals surface area contributed by atoms with E-state index < -0.39 is 0 Å². The van der Waals surface area contributed by atoms with Crippen LogP contribution in [0.4, 0.5) is 0 Å². The van der Waals surface area contributed by atoms with Crippen LogP contribution in [0.3, 0.4) is 0 Å². The van der Waals surface area contributed by atoms with Gasteiger partial charge < -0.3 is 2.98 Å². The summed E-state index contributed by atoms with van der Waals surface area (Å²) in [4.78, 5) is 0. The van der Waals surface area contributed by atoms with E-state index in [4.69, 9.17) is 0 Å². The quantitative estimate of drug-likeness (QED) is 0.516. The summed E-state index contributed by atoms with van der Waals surface area (Å²) in [5.74, 6) is 0. The lowest BCUT2D eigenvalue weighted by Gasteiger charge is -1.66. The van der Waals surface area contributed by atoms with Crippen LogP contribution in [-0.4, -0.2) is 5.34 Å². The van der Waals surface area contributed by atoms with E-state index in [-0.39, 0.29) is 0 Å². The Labute approximate surface area is 53.3 Å². The van der Waals surface area contributed by atoms with Gasteiger partial charge >= 0.3 is 5.34 Å². The van der Waals surface area contributed by atoms with E-state index in [0.29, 0.717) is 0 Å². The molecule has 0 aromatic heterocycles. The maximum absolute atomic E-state index is 4.50. The van der Waals surface area contributed by atoms with Crippen molar-refractivity contribution in [1.82, 2.24) is 0 Å². The Balaban J connectivity index is 1.97. The number of hydrogen-bond acceptors (Lipinski definition) is 1. The summed E-state index contributed by atoms with van der Waals surface area (Å²) in [5, 5.41) is 0.776. The van der Waals surface area contributed by atoms with Crippen molar-refractivity contribution in [1.29, 1.82) is 0 Å². The minimum atomic E-state index is 0.776. The lowest BCUT2D eigenvalue weighted by Crippen LogP contribution is -1.63. The molecule has 24 valence electrons. The van der Waals surface area contributed by atoms with Gasteiger partial charge in [-0.2, -0.15) is 0 Å². The molecule has 0 aromatic rings. The largest absolute Gasteiger partial charge is 0.368 e. The zero-order valence-corrected chi connectivity index (χ0v) is 6.19. The maximum Gasteiger partial charge on any atom is 0.359 e. The number of hydrogen-bond donors (Lipinski definition) is 0. The Morgan fingerprint density at radius 3 is 2.00 bits per heavy atom. The Morgan fingerprint density at radius 1 is 1.75 bits per heavy atom. The zero-order valence-electron chi connectivity index (χ0n) is 1.87. The highest BCUT2D eigenvalue weighted by Crippen LogP contribution is 1.84. The van der Waals surface area contributed by atoms with Crippen LogP contribution in [0.1, 0.15) is 0 Å². The Bertz CT molecular complexity index is 8.00. The number of rotatable bonds is 1. The molecule has 0 aliphatic rings. The third kappa shape index (κ3) is 3.48. The monoisotopic (exact) mass is 282 g/mol. The average Bonchev–Trinajstić information content (AvgIpc) is 1.37. The van der Waals surface area contributed by atoms with Crippen LogP contribution in [0.5, 0.6) is 0 Å². The molecule has 0 amide bonds. The van der Waals surface area contributed by atoms with Crippen molar-refractivity contribution < 1.29 is 2.98 Å². The first-order valence-electron chi connectivity index (χ1n) is 0.710. The molecular formula is HBI2O. The highest BCUT2D eigenvalue weighted by atomic mass is 127. The summed E-state index contributed by atoms with van der Waals surface area (Å²) >= 11 is 3.97. The van der Waals surface area contributed by atoms with Crippen molar-refractivity contribution >= 4 is 50.7 Å². The molecule has 0 aliphatic heterocycles. The normalized spacial score (nSPS) is 6.50. The van der Waals surface area contributed by atoms with E-state index in [1.807, 2.05) is 23.0 Å². The molecule has 0 unspecified atom stereocenters. The Kier molecular flexibility index (Phi) is 6.15. The summed E-state index contributed by atoms with van der Waals surface area (Å²) in [6, 6.07) is 0. The third-order valence-electron chi connectivity index (χ3n) is 0.0412. The van der Waals surface area contributed by atoms with Gasteiger partial charge in [0.15, 0.2) is 0 Å². The van der Waals surface area contributed by atoms with Gasteiger partial charge in [-0.05, 0) is 0 Å². The molecule has 0 aliphatic carbocycles. The lowest BCUT2D eigenvalue weighted by atomic mass is 10.6. The molecule has 0 spiro atoms. The van der Waals surface area contributed by atoms with Crippen molar-refractivity contribution in [3.8, 4) is 0 Å². The van der Waals surface area contributed by atoms with E-state index >= 15 is 0 Å². The van der Waals surface area contributed by atoms with Crippen molar-refractivity contribution in [2.45, 2.75) is 0 Å². The van der Waals surface area contributed by atoms with Gasteiger partial charge in [-0.15, -0.1) is 22.4 Å². The lowest BCUT2D eigenvalue weighted by molar-refractivity contribution is 0.804. The van der Waals surface area contributed by atoms with Crippen LogP contribution in [0.15, 0.2) is 0 Å². The van der Waals surface area contributed by atoms with E-state index in [0.717, 1.165) is 5.34 Å². The molecule has 0 radical (unpaired) electrons. The standard InChI is InChI=1S/BHI2O/c2-1-4-3/h1H. The number of halogens is 2. The SMILES string of the molecule is IBOI. The molecule has 0 heterocycles. The summed E-state index contributed by atoms with van der Waals surface area (Å²) in [6.45, 7) is 0. The van der Waals surface area contributed by atoms with Gasteiger partial charge in [-0.3, -0.25) is 0 Å². The fourth-order valence-electron chi connectivity index (χ4n) is 0. The summed E-state index contributed by atoms with van der Waals surface area (Å²) in [7, 11) is 0. The van der Waals surface area contributed by atoms with E-state index in [1.54, 1.807) is 0 Å². The van der Waals surface area contributed by atoms with Crippen LogP contribution < -0.4 is 0 Å². The Morgan fingerprint density at radius 2 is 2.00 bits per heavy atom. The first-order chi connectivity index (χ1) is 1.91. The molecule has 1 nitrogen and oxygen atoms in total. The second-order valence-corrected chi connectivity index (χ2v) is 1.46. The molecular weight excluding hydrogens is 281 g/mol. The summed E-state index contributed by atoms with van der Waals surface area (Å²) < 4.78 is 4.50. The van der Waals surface area contributed by atoms with Crippen LogP contribution in [0.25, 0.3) is 0 Å². The molecule has 4 heteroatoms. The van der Waals surface area contributed by atoms with Gasteiger partial charge in [0, 0.05) is 0 Å². The molecule has 0 saturated carbocycles. The molecule has 4 heavy (non-hydrogen) atoms. The molecule has 0 saturated heterocycles. The Hall–Kier alpha value is 1.48. The molecule has 0 bridgehead atoms. The average molecular weight is 282 g/mol. The van der Waals surface area contributed by atoms with Crippen molar-refractivity contribution in [3.63, 3.8) is 0 Å². The molecule has 0 N–H and O–H groups in total. The van der Waals surface area contributed by atoms with Gasteiger partial charge in [0.25, 0.3) is 0 Å². The predicted molar refractivity (Wildman–Crippen MR) is 36.3 cm³/mol. The highest BCUT2D eigenvalue weighted by Gasteiger charge is 1.65. The van der Waals surface area contributed by atoms with Crippen molar-refractivity contribution in [3.05, 3.63) is 0 Å². The molecule has 0 aromatic carbocycles. The zero-order chi connectivity index (χ0) is 3.41. The van der Waals surface area contributed by atoms with Crippen LogP contribution in [0, 0.1) is 0 Å². The van der Waals surface area contributed by atoms with Gasteiger partial charge in [-0.1, -0.05) is 0 Å². The van der Waals surface area contributed by atoms with Gasteiger partial charge in [-0.25, -0.2) is 0 Å². The van der Waals surface area contributed by atoms with E-state index in [9.17, 15) is 0 Å².